The maximum atomic E-state index is 7.20. The maximum absolute atomic E-state index is 7.20. The summed E-state index contributed by atoms with van der Waals surface area (Å²) in [6.07, 6.45) is 1.89. The van der Waals surface area contributed by atoms with Gasteiger partial charge < -0.3 is 4.85 Å². The van der Waals surface area contributed by atoms with Crippen molar-refractivity contribution in [3.05, 3.63) is 71.3 Å². The van der Waals surface area contributed by atoms with Crippen LogP contribution in [-0.4, -0.2) is 4.98 Å². The topological polar surface area (TPSA) is 21.1 Å². The maximum Gasteiger partial charge on any atom is 0.287 e. The van der Waals surface area contributed by atoms with E-state index in [1.165, 1.54) is 42.8 Å². The van der Waals surface area contributed by atoms with Gasteiger partial charge in [0, 0.05) is 27.0 Å². The Labute approximate surface area is 156 Å². The van der Waals surface area contributed by atoms with Crippen molar-refractivity contribution in [3.63, 3.8) is 0 Å². The predicted molar refractivity (Wildman–Crippen MR) is 105 cm³/mol. The first-order valence-electron chi connectivity index (χ1n) is 8.52. The first-order valence-corrected chi connectivity index (χ1v) is 9.34. The van der Waals surface area contributed by atoms with Crippen LogP contribution in [0.2, 0.25) is 0 Å². The molecular formula is C22H16N3S+. The minimum atomic E-state index is 0.394. The quantitative estimate of drug-likeness (QED) is 0.309. The molecule has 0 aliphatic carbocycles. The Kier molecular flexibility index (Phi) is 3.28. The number of rotatable bonds is 1. The predicted octanol–water partition coefficient (Wildman–Crippen LogP) is 5.07. The van der Waals surface area contributed by atoms with Crippen LogP contribution in [0.15, 0.2) is 58.6 Å². The van der Waals surface area contributed by atoms with Crippen LogP contribution >= 0.6 is 11.8 Å². The van der Waals surface area contributed by atoms with Crippen LogP contribution in [-0.2, 0) is 13.6 Å². The molecule has 0 atom stereocenters. The van der Waals surface area contributed by atoms with Crippen LogP contribution in [0.3, 0.4) is 0 Å². The molecule has 0 radical (unpaired) electrons. The van der Waals surface area contributed by atoms with Crippen molar-refractivity contribution in [1.82, 2.24) is 4.98 Å². The fourth-order valence-corrected chi connectivity index (χ4v) is 5.22. The number of hydrogen-bond donors (Lipinski definition) is 0. The zero-order valence-electron chi connectivity index (χ0n) is 14.6. The molecule has 3 nitrogen and oxygen atoms in total. The molecule has 0 unspecified atom stereocenters. The third kappa shape index (κ3) is 2.07. The average molecular weight is 354 g/mol. The second-order valence-corrected chi connectivity index (χ2v) is 7.79. The Balaban J connectivity index is 1.94. The summed E-state index contributed by atoms with van der Waals surface area (Å²) in [7, 11) is 2.06. The number of nitrogens with zero attached hydrogens (tertiary/aromatic N) is 3. The first-order chi connectivity index (χ1) is 12.7. The Morgan fingerprint density at radius 2 is 2.00 bits per heavy atom. The molecule has 3 aromatic carbocycles. The Bertz CT molecular complexity index is 1270. The summed E-state index contributed by atoms with van der Waals surface area (Å²) in [6.45, 7) is 9.80. The summed E-state index contributed by atoms with van der Waals surface area (Å²) >= 11 is 1.80. The molecule has 4 aromatic rings. The summed E-state index contributed by atoms with van der Waals surface area (Å²) < 4.78 is 2.13. The summed E-state index contributed by atoms with van der Waals surface area (Å²) in [5.41, 5.74) is 5.83. The van der Waals surface area contributed by atoms with Gasteiger partial charge in [-0.2, -0.15) is 0 Å². The van der Waals surface area contributed by atoms with E-state index in [2.05, 4.69) is 70.8 Å². The fraction of sp³-hybridized carbons (Fsp3) is 0.136. The normalized spacial score (nSPS) is 12.2. The van der Waals surface area contributed by atoms with Gasteiger partial charge in [0.1, 0.15) is 5.69 Å². The van der Waals surface area contributed by atoms with Gasteiger partial charge in [-0.1, -0.05) is 36.0 Å². The molecule has 26 heavy (non-hydrogen) atoms. The van der Waals surface area contributed by atoms with Gasteiger partial charge in [-0.25, -0.2) is 11.1 Å². The van der Waals surface area contributed by atoms with E-state index in [0.29, 0.717) is 6.54 Å². The van der Waals surface area contributed by atoms with Gasteiger partial charge in [0.25, 0.3) is 6.33 Å². The van der Waals surface area contributed by atoms with E-state index in [9.17, 15) is 0 Å². The van der Waals surface area contributed by atoms with Crippen molar-refractivity contribution in [2.45, 2.75) is 23.3 Å². The van der Waals surface area contributed by atoms with Crippen LogP contribution in [0.1, 0.15) is 11.1 Å². The van der Waals surface area contributed by atoms with Crippen molar-refractivity contribution in [1.29, 1.82) is 0 Å². The van der Waals surface area contributed by atoms with Gasteiger partial charge in [-0.05, 0) is 40.4 Å². The fourth-order valence-electron chi connectivity index (χ4n) is 3.93. The lowest BCUT2D eigenvalue weighted by Crippen LogP contribution is -2.32. The van der Waals surface area contributed by atoms with Gasteiger partial charge >= 0.3 is 0 Å². The lowest BCUT2D eigenvalue weighted by molar-refractivity contribution is -0.662. The van der Waals surface area contributed by atoms with E-state index in [4.69, 9.17) is 6.57 Å². The summed E-state index contributed by atoms with van der Waals surface area (Å²) in [5, 5.41) is 3.76. The minimum absolute atomic E-state index is 0.394. The van der Waals surface area contributed by atoms with Crippen LogP contribution in [0.25, 0.3) is 37.8 Å². The second kappa shape index (κ2) is 5.55. The van der Waals surface area contributed by atoms with Crippen molar-refractivity contribution in [2.75, 3.05) is 0 Å². The molecule has 124 valence electrons. The largest absolute Gasteiger partial charge is 0.312 e. The van der Waals surface area contributed by atoms with Crippen LogP contribution < -0.4 is 4.57 Å². The monoisotopic (exact) mass is 354 g/mol. The highest BCUT2D eigenvalue weighted by Crippen LogP contribution is 2.49. The molecule has 2 heterocycles. The van der Waals surface area contributed by atoms with E-state index in [1.807, 2.05) is 6.33 Å². The molecule has 0 fully saturated rings. The second-order valence-electron chi connectivity index (χ2n) is 6.71. The van der Waals surface area contributed by atoms with Crippen molar-refractivity contribution in [3.8, 4) is 11.3 Å². The highest BCUT2D eigenvalue weighted by molar-refractivity contribution is 7.99. The third-order valence-electron chi connectivity index (χ3n) is 5.09. The molecule has 0 amide bonds. The van der Waals surface area contributed by atoms with Crippen molar-refractivity contribution in [2.24, 2.45) is 7.05 Å². The zero-order valence-corrected chi connectivity index (χ0v) is 15.4. The molecule has 0 saturated heterocycles. The summed E-state index contributed by atoms with van der Waals surface area (Å²) in [4.78, 5) is 10.7. The van der Waals surface area contributed by atoms with E-state index >= 15 is 0 Å². The van der Waals surface area contributed by atoms with Gasteiger partial charge in [0.15, 0.2) is 5.52 Å². The van der Waals surface area contributed by atoms with Gasteiger partial charge in [0.05, 0.1) is 12.4 Å². The molecule has 0 bridgehead atoms. The highest BCUT2D eigenvalue weighted by Gasteiger charge is 2.29. The van der Waals surface area contributed by atoms with E-state index in [1.54, 1.807) is 11.8 Å². The van der Waals surface area contributed by atoms with Crippen molar-refractivity contribution >= 4 is 33.4 Å². The molecule has 0 spiro atoms. The van der Waals surface area contributed by atoms with Crippen LogP contribution in [0.5, 0.6) is 0 Å². The molecule has 1 aliphatic rings. The Morgan fingerprint density at radius 1 is 1.15 bits per heavy atom. The standard InChI is InChI=1S/C22H16N3S/c1-13-16-7-5-4-6-15(16)10-19-20(13)22-21-17(24-12-25(22)3)8-14(11-23-2)9-18(21)26-19/h4-10,12H,11H2,1,3H3/q+1. The number of aromatic nitrogens is 2. The SMILES string of the molecule is [C-]#[N+]Cc1cc2c3c([n+](C)cnc3c1)-c1c(cc3ccccc3c1C)S2. The molecule has 0 saturated carbocycles. The lowest BCUT2D eigenvalue weighted by atomic mass is 9.95. The van der Waals surface area contributed by atoms with Crippen LogP contribution in [0, 0.1) is 13.5 Å². The molecular weight excluding hydrogens is 338 g/mol. The smallest absolute Gasteiger partial charge is 0.287 e. The first kappa shape index (κ1) is 15.4. The number of hydrogen-bond acceptors (Lipinski definition) is 2. The van der Waals surface area contributed by atoms with E-state index < -0.39 is 0 Å². The summed E-state index contributed by atoms with van der Waals surface area (Å²) in [6, 6.07) is 15.1. The van der Waals surface area contributed by atoms with Gasteiger partial charge in [-0.3, -0.25) is 0 Å². The lowest BCUT2D eigenvalue weighted by Gasteiger charge is -2.21. The number of aryl methyl sites for hydroxylation is 2. The third-order valence-corrected chi connectivity index (χ3v) is 6.18. The minimum Gasteiger partial charge on any atom is -0.312 e. The number of fused-ring (bicyclic) bond motifs is 3. The zero-order chi connectivity index (χ0) is 17.8. The van der Waals surface area contributed by atoms with Crippen LogP contribution in [0.4, 0.5) is 0 Å². The van der Waals surface area contributed by atoms with E-state index in [0.717, 1.165) is 11.1 Å². The Morgan fingerprint density at radius 3 is 2.85 bits per heavy atom. The average Bonchev–Trinajstić information content (AvgIpc) is 2.64. The molecule has 0 N–H and O–H groups in total. The Hall–Kier alpha value is -2.90. The number of benzene rings is 3. The van der Waals surface area contributed by atoms with E-state index in [-0.39, 0.29) is 0 Å². The molecule has 1 aromatic heterocycles. The highest BCUT2D eigenvalue weighted by atomic mass is 32.2. The molecule has 5 rings (SSSR count). The van der Waals surface area contributed by atoms with Gasteiger partial charge in [-0.15, -0.1) is 0 Å². The summed E-state index contributed by atoms with van der Waals surface area (Å²) in [5.74, 6) is 0. The molecule has 1 aliphatic heterocycles. The van der Waals surface area contributed by atoms with Crippen molar-refractivity contribution < 1.29 is 4.57 Å². The van der Waals surface area contributed by atoms with Gasteiger partial charge in [0.2, 0.25) is 6.54 Å². The molecule has 4 heteroatoms.